The summed E-state index contributed by atoms with van der Waals surface area (Å²) in [5.41, 5.74) is 1.76. The van der Waals surface area contributed by atoms with Gasteiger partial charge in [-0.15, -0.1) is 13.2 Å². The highest BCUT2D eigenvalue weighted by molar-refractivity contribution is 6.31. The highest BCUT2D eigenvalue weighted by atomic mass is 35.5. The molecular weight excluding hydrogens is 501 g/mol. The van der Waals surface area contributed by atoms with Crippen LogP contribution in [-0.4, -0.2) is 20.9 Å². The van der Waals surface area contributed by atoms with Crippen molar-refractivity contribution in [3.8, 4) is 39.7 Å². The van der Waals surface area contributed by atoms with Crippen molar-refractivity contribution in [2.75, 3.05) is 0 Å². The summed E-state index contributed by atoms with van der Waals surface area (Å²) in [5.74, 6) is -1.60. The molecule has 2 aliphatic rings. The molecule has 4 nitrogen and oxygen atoms in total. The highest BCUT2D eigenvalue weighted by Gasteiger charge is 2.32. The molecule has 0 bridgehead atoms. The lowest BCUT2D eigenvalue weighted by Gasteiger charge is -2.14. The maximum absolute atomic E-state index is 15.0. The summed E-state index contributed by atoms with van der Waals surface area (Å²) in [4.78, 5) is 8.74. The van der Waals surface area contributed by atoms with E-state index < -0.39 is 23.7 Å². The first-order chi connectivity index (χ1) is 17.2. The number of para-hydroxylation sites is 1. The van der Waals surface area contributed by atoms with Crippen molar-refractivity contribution < 1.29 is 26.7 Å². The maximum Gasteiger partial charge on any atom is 0.573 e. The van der Waals surface area contributed by atoms with Gasteiger partial charge in [0.25, 0.3) is 0 Å². The van der Waals surface area contributed by atoms with Gasteiger partial charge in [0.1, 0.15) is 17.3 Å². The zero-order chi connectivity index (χ0) is 25.4. The molecule has 3 aromatic carbocycles. The van der Waals surface area contributed by atoms with Crippen LogP contribution < -0.4 is 4.74 Å². The zero-order valence-corrected chi connectivity index (χ0v) is 19.0. The van der Waals surface area contributed by atoms with E-state index in [-0.39, 0.29) is 34.1 Å². The van der Waals surface area contributed by atoms with Crippen molar-refractivity contribution in [1.82, 2.24) is 14.5 Å². The Bertz CT molecular complexity index is 1530. The standard InChI is InChI=1S/C26H15ClF5N3O/c27-19-6-3-5-18(24(19)29)25-33-21-10-11-35(14-22(21)34-25)13-15-8-9-16(20(28)12-15)17-4-1-2-7-23(17)36-26(30,31)32/h1-12,14H,13H2. The first-order valence-electron chi connectivity index (χ1n) is 10.6. The number of rotatable bonds is 5. The summed E-state index contributed by atoms with van der Waals surface area (Å²) in [7, 11) is 0. The van der Waals surface area contributed by atoms with Crippen molar-refractivity contribution in [2.24, 2.45) is 0 Å². The summed E-state index contributed by atoms with van der Waals surface area (Å²) in [6.07, 6.45) is -1.50. The minimum Gasteiger partial charge on any atom is -0.405 e. The first kappa shape index (κ1) is 23.7. The van der Waals surface area contributed by atoms with Crippen molar-refractivity contribution in [3.05, 3.63) is 101 Å². The van der Waals surface area contributed by atoms with Gasteiger partial charge in [0.05, 0.1) is 16.3 Å². The molecule has 5 rings (SSSR count). The van der Waals surface area contributed by atoms with Gasteiger partial charge in [0, 0.05) is 30.1 Å². The molecule has 10 heteroatoms. The highest BCUT2D eigenvalue weighted by Crippen LogP contribution is 2.35. The monoisotopic (exact) mass is 515 g/mol. The van der Waals surface area contributed by atoms with E-state index in [4.69, 9.17) is 11.6 Å². The van der Waals surface area contributed by atoms with Gasteiger partial charge >= 0.3 is 6.36 Å². The molecule has 0 N–H and O–H groups in total. The second kappa shape index (κ2) is 9.23. The number of imidazole rings is 1. The molecule has 0 fully saturated rings. The Hall–Kier alpha value is -3.98. The van der Waals surface area contributed by atoms with Crippen LogP contribution in [0.25, 0.3) is 33.9 Å². The van der Waals surface area contributed by atoms with Gasteiger partial charge in [-0.25, -0.2) is 18.7 Å². The fourth-order valence-corrected chi connectivity index (χ4v) is 4.01. The number of nitrogens with zero attached hydrogens (tertiary/aromatic N) is 3. The normalized spacial score (nSPS) is 11.7. The summed E-state index contributed by atoms with van der Waals surface area (Å²) in [6.45, 7) is 0.252. The van der Waals surface area contributed by atoms with Crippen molar-refractivity contribution in [3.63, 3.8) is 0 Å². The van der Waals surface area contributed by atoms with Crippen LogP contribution in [0.1, 0.15) is 5.56 Å². The molecule has 0 aliphatic carbocycles. The molecule has 36 heavy (non-hydrogen) atoms. The van der Waals surface area contributed by atoms with Gasteiger partial charge in [-0.05, 0) is 35.9 Å². The van der Waals surface area contributed by atoms with E-state index in [1.807, 2.05) is 0 Å². The Labute approximate surface area is 206 Å². The molecule has 2 heterocycles. The Balaban J connectivity index is 1.41. The number of alkyl halides is 3. The van der Waals surface area contributed by atoms with Crippen molar-refractivity contribution in [1.29, 1.82) is 0 Å². The van der Waals surface area contributed by atoms with Crippen LogP contribution in [0.2, 0.25) is 5.02 Å². The number of ether oxygens (including phenoxy) is 1. The van der Waals surface area contributed by atoms with Gasteiger partial charge in [0.15, 0.2) is 11.6 Å². The lowest BCUT2D eigenvalue weighted by molar-refractivity contribution is -0.274. The molecular formula is C26H15ClF5N3O. The van der Waals surface area contributed by atoms with E-state index in [9.17, 15) is 22.0 Å². The van der Waals surface area contributed by atoms with Crippen LogP contribution in [0.15, 0.2) is 79.1 Å². The summed E-state index contributed by atoms with van der Waals surface area (Å²) in [6, 6.07) is 15.9. The van der Waals surface area contributed by atoms with E-state index in [1.54, 1.807) is 35.2 Å². The quantitative estimate of drug-likeness (QED) is 0.226. The number of benzene rings is 3. The third kappa shape index (κ3) is 4.87. The number of hydrogen-bond acceptors (Lipinski definition) is 3. The summed E-state index contributed by atoms with van der Waals surface area (Å²) in [5, 5.41) is -0.0329. The van der Waals surface area contributed by atoms with E-state index in [0.717, 1.165) is 6.07 Å². The Morgan fingerprint density at radius 1 is 0.833 bits per heavy atom. The molecule has 0 atom stereocenters. The SMILES string of the molecule is Fc1cc(Cn2ccc3nc(-c4cccc(Cl)c4F)nc-3c2)ccc1-c1ccccc1OC(F)(F)F. The van der Waals surface area contributed by atoms with E-state index in [2.05, 4.69) is 14.7 Å². The minimum absolute atomic E-state index is 0.0132. The summed E-state index contributed by atoms with van der Waals surface area (Å²) < 4.78 is 73.3. The smallest absolute Gasteiger partial charge is 0.405 e. The molecule has 3 aromatic rings. The van der Waals surface area contributed by atoms with Gasteiger partial charge in [-0.1, -0.05) is 48.0 Å². The third-order valence-electron chi connectivity index (χ3n) is 5.42. The van der Waals surface area contributed by atoms with Gasteiger partial charge in [0.2, 0.25) is 0 Å². The average Bonchev–Trinajstić information content (AvgIpc) is 3.24. The van der Waals surface area contributed by atoms with Gasteiger partial charge < -0.3 is 9.30 Å². The first-order valence-corrected chi connectivity index (χ1v) is 11.0. The number of fused-ring (bicyclic) bond motifs is 1. The molecule has 0 unspecified atom stereocenters. The Morgan fingerprint density at radius 2 is 1.58 bits per heavy atom. The van der Waals surface area contributed by atoms with Gasteiger partial charge in [-0.3, -0.25) is 0 Å². The second-order valence-corrected chi connectivity index (χ2v) is 8.30. The molecule has 0 saturated carbocycles. The molecule has 2 aliphatic heterocycles. The van der Waals surface area contributed by atoms with Gasteiger partial charge in [-0.2, -0.15) is 0 Å². The minimum atomic E-state index is -4.90. The molecule has 0 radical (unpaired) electrons. The molecule has 0 saturated heterocycles. The number of pyridine rings is 1. The van der Waals surface area contributed by atoms with Crippen molar-refractivity contribution >= 4 is 11.6 Å². The van der Waals surface area contributed by atoms with Crippen LogP contribution in [0.4, 0.5) is 22.0 Å². The van der Waals surface area contributed by atoms with Crippen molar-refractivity contribution in [2.45, 2.75) is 12.9 Å². The number of hydrogen-bond donors (Lipinski definition) is 0. The predicted octanol–water partition coefficient (Wildman–Crippen LogP) is 7.60. The topological polar surface area (TPSA) is 39.9 Å². The van der Waals surface area contributed by atoms with Crippen LogP contribution in [0.5, 0.6) is 5.75 Å². The number of aromatic nitrogens is 3. The molecule has 0 amide bonds. The zero-order valence-electron chi connectivity index (χ0n) is 18.2. The van der Waals surface area contributed by atoms with Crippen LogP contribution >= 0.6 is 11.6 Å². The molecule has 182 valence electrons. The van der Waals surface area contributed by atoms with Crippen LogP contribution in [0, 0.1) is 11.6 Å². The van der Waals surface area contributed by atoms with Crippen LogP contribution in [0.3, 0.4) is 0 Å². The van der Waals surface area contributed by atoms with E-state index in [1.165, 1.54) is 42.5 Å². The lowest BCUT2D eigenvalue weighted by Crippen LogP contribution is -2.17. The Morgan fingerprint density at radius 3 is 2.36 bits per heavy atom. The van der Waals surface area contributed by atoms with E-state index in [0.29, 0.717) is 17.0 Å². The molecule has 0 spiro atoms. The fraction of sp³-hybridized carbons (Fsp3) is 0.0769. The third-order valence-corrected chi connectivity index (χ3v) is 5.71. The largest absolute Gasteiger partial charge is 0.573 e. The second-order valence-electron chi connectivity index (χ2n) is 7.89. The fourth-order valence-electron chi connectivity index (χ4n) is 3.84. The lowest BCUT2D eigenvalue weighted by atomic mass is 10.0. The number of halogens is 6. The van der Waals surface area contributed by atoms with Crippen LogP contribution in [-0.2, 0) is 6.54 Å². The maximum atomic E-state index is 15.0. The summed E-state index contributed by atoms with van der Waals surface area (Å²) >= 11 is 5.86. The average molecular weight is 516 g/mol. The Kier molecular flexibility index (Phi) is 6.09. The van der Waals surface area contributed by atoms with E-state index >= 15 is 0 Å². The predicted molar refractivity (Wildman–Crippen MR) is 125 cm³/mol. The molecule has 0 aromatic heterocycles.